The van der Waals surface area contributed by atoms with E-state index in [4.69, 9.17) is 28.0 Å². The lowest BCUT2D eigenvalue weighted by Crippen LogP contribution is -2.51. The van der Waals surface area contributed by atoms with Crippen LogP contribution in [0, 0.1) is 11.8 Å². The summed E-state index contributed by atoms with van der Waals surface area (Å²) in [5, 5.41) is 14.5. The van der Waals surface area contributed by atoms with Crippen LogP contribution in [-0.2, 0) is 44.3 Å². The molecule has 13 nitrogen and oxygen atoms in total. The molecule has 1 aromatic rings. The summed E-state index contributed by atoms with van der Waals surface area (Å²) in [6.45, 7) is 12.7. The normalized spacial score (nSPS) is 20.8. The van der Waals surface area contributed by atoms with Crippen molar-refractivity contribution in [1.29, 1.82) is 0 Å². The van der Waals surface area contributed by atoms with Crippen LogP contribution in [0.1, 0.15) is 85.6 Å². The van der Waals surface area contributed by atoms with Gasteiger partial charge in [0.15, 0.2) is 12.6 Å². The fourth-order valence-corrected chi connectivity index (χ4v) is 9.00. The van der Waals surface area contributed by atoms with Crippen molar-refractivity contribution in [2.24, 2.45) is 11.8 Å². The van der Waals surface area contributed by atoms with Gasteiger partial charge in [-0.3, -0.25) is 4.57 Å². The molecule has 0 saturated carbocycles. The molecule has 2 fully saturated rings. The van der Waals surface area contributed by atoms with Gasteiger partial charge in [0.1, 0.15) is 11.9 Å². The van der Waals surface area contributed by atoms with E-state index in [0.717, 1.165) is 31.2 Å². The zero-order valence-corrected chi connectivity index (χ0v) is 33.4. The quantitative estimate of drug-likeness (QED) is 0.0649. The molecule has 52 heavy (non-hydrogen) atoms. The topological polar surface area (TPSA) is 159 Å². The molecular weight excluding hydrogens is 711 g/mol. The average molecular weight is 773 g/mol. The second kappa shape index (κ2) is 22.2. The van der Waals surface area contributed by atoms with Crippen molar-refractivity contribution < 1.29 is 50.9 Å². The van der Waals surface area contributed by atoms with Crippen LogP contribution in [0.4, 0.5) is 4.79 Å². The summed E-state index contributed by atoms with van der Waals surface area (Å²) in [4.78, 5) is 13.5. The van der Waals surface area contributed by atoms with Crippen LogP contribution < -0.4 is 10.1 Å². The number of fused-ring (bicyclic) bond motifs is 1. The van der Waals surface area contributed by atoms with Crippen LogP contribution in [-0.4, -0.2) is 94.3 Å². The Balaban J connectivity index is 1.79. The summed E-state index contributed by atoms with van der Waals surface area (Å²) >= 11 is 0. The van der Waals surface area contributed by atoms with Gasteiger partial charge in [-0.25, -0.2) is 13.2 Å². The van der Waals surface area contributed by atoms with E-state index in [0.29, 0.717) is 32.0 Å². The number of ether oxygens (including phenoxy) is 4. The summed E-state index contributed by atoms with van der Waals surface area (Å²) in [6, 6.07) is 6.01. The lowest BCUT2D eigenvalue weighted by atomic mass is 10.0. The molecule has 2 N–H and O–H groups in total. The van der Waals surface area contributed by atoms with E-state index in [1.54, 1.807) is 49.4 Å². The van der Waals surface area contributed by atoms with E-state index in [2.05, 4.69) is 5.32 Å². The molecule has 0 spiro atoms. The van der Waals surface area contributed by atoms with Gasteiger partial charge in [0.25, 0.3) is 0 Å². The molecular formula is C37H61N2O11PS. The smallest absolute Gasteiger partial charge is 0.407 e. The predicted octanol–water partition coefficient (Wildman–Crippen LogP) is 6.77. The molecule has 5 atom stereocenters. The number of aliphatic hydroxyl groups excluding tert-OH is 1. The Labute approximate surface area is 311 Å². The molecule has 0 aliphatic carbocycles. The van der Waals surface area contributed by atoms with Crippen molar-refractivity contribution in [3.05, 3.63) is 53.0 Å². The van der Waals surface area contributed by atoms with E-state index in [9.17, 15) is 22.9 Å². The summed E-state index contributed by atoms with van der Waals surface area (Å²) in [6.07, 6.45) is 6.24. The first-order valence-electron chi connectivity index (χ1n) is 18.7. The largest absolute Gasteiger partial charge is 0.481 e. The van der Waals surface area contributed by atoms with Crippen LogP contribution in [0.15, 0.2) is 47.4 Å². The Kier molecular flexibility index (Phi) is 18.8. The summed E-state index contributed by atoms with van der Waals surface area (Å²) in [5.41, 5.74) is 0.729. The summed E-state index contributed by atoms with van der Waals surface area (Å²) in [5.74, 6) is 0.337. The number of aliphatic hydroxyl groups is 1. The monoisotopic (exact) mass is 772 g/mol. The highest BCUT2D eigenvalue weighted by Gasteiger charge is 2.44. The number of carbonyl (C=O) groups excluding carboxylic acids is 1. The summed E-state index contributed by atoms with van der Waals surface area (Å²) < 4.78 is 76.3. The van der Waals surface area contributed by atoms with Gasteiger partial charge >= 0.3 is 13.7 Å². The molecule has 15 heteroatoms. The second-order valence-electron chi connectivity index (χ2n) is 13.6. The first kappa shape index (κ1) is 44.1. The van der Waals surface area contributed by atoms with E-state index in [1.165, 1.54) is 4.31 Å². The molecule has 2 aliphatic heterocycles. The first-order valence-corrected chi connectivity index (χ1v) is 21.8. The maximum atomic E-state index is 13.8. The zero-order valence-electron chi connectivity index (χ0n) is 31.7. The number of benzene rings is 1. The van der Waals surface area contributed by atoms with Crippen LogP contribution in [0.3, 0.4) is 0 Å². The Morgan fingerprint density at radius 2 is 1.75 bits per heavy atom. The molecule has 1 unspecified atom stereocenters. The maximum Gasteiger partial charge on any atom is 0.407 e. The maximum absolute atomic E-state index is 13.8. The van der Waals surface area contributed by atoms with Gasteiger partial charge in [-0.05, 0) is 68.7 Å². The molecule has 2 aliphatic rings. The minimum atomic E-state index is -3.93. The van der Waals surface area contributed by atoms with Gasteiger partial charge in [0.2, 0.25) is 10.0 Å². The lowest BCUT2D eigenvalue weighted by molar-refractivity contribution is -0.0907. The fraction of sp³-hybridized carbons (Fsp3) is 0.703. The van der Waals surface area contributed by atoms with Gasteiger partial charge in [-0.15, -0.1) is 0 Å². The molecule has 296 valence electrons. The number of unbranched alkanes of at least 4 members (excludes halogenated alkanes) is 2. The second-order valence-corrected chi connectivity index (χ2v) is 17.6. The molecule has 0 aromatic heterocycles. The Hall–Kier alpha value is -2.29. The number of rotatable bonds is 24. The highest BCUT2D eigenvalue weighted by Crippen LogP contribution is 2.48. The van der Waals surface area contributed by atoms with Crippen LogP contribution in [0.5, 0.6) is 5.75 Å². The number of alkyl carbamates (subject to hydrolysis) is 1. The highest BCUT2D eigenvalue weighted by atomic mass is 32.2. The zero-order chi connectivity index (χ0) is 38.1. The number of allylic oxidation sites excluding steroid dienone is 4. The lowest BCUT2D eigenvalue weighted by Gasteiger charge is -2.31. The van der Waals surface area contributed by atoms with Gasteiger partial charge in [-0.2, -0.15) is 4.31 Å². The molecule has 1 aromatic carbocycles. The molecule has 0 bridgehead atoms. The molecule has 0 radical (unpaired) electrons. The van der Waals surface area contributed by atoms with E-state index < -0.39 is 48.3 Å². The third-order valence-electron chi connectivity index (χ3n) is 8.81. The highest BCUT2D eigenvalue weighted by molar-refractivity contribution is 7.93. The SMILES string of the molecule is C/C=C\C=C(/CC)S(=O)(=O)N(CC(C)C)C[C@@H](O)[C@H](Cc1ccc(OCP(=O)(OCCCC)OCCCC)cc1)NC(=O)OC1CO[C@H]2OCC[C@@H]12. The van der Waals surface area contributed by atoms with Gasteiger partial charge in [0, 0.05) is 13.1 Å². The Bertz CT molecular complexity index is 1420. The standard InChI is InChI=1S/C37H61N2O11PS/c1-7-11-14-31(10-4)52(43,44)39(24-28(5)6)25-34(40)33(38-37(41)50-35-26-46-36-32(35)19-22-45-36)23-29-15-17-30(18-16-29)47-27-51(42,48-20-12-8-2)49-21-13-9-3/h7,11,14-18,28,32-36,40H,8-10,12-13,19-27H2,1-6H3,(H,38,41)/b11-7-,31-14+/t32-,33-,34+,35?,36+/m0/s1. The van der Waals surface area contributed by atoms with E-state index in [-0.39, 0.29) is 55.6 Å². The van der Waals surface area contributed by atoms with Crippen molar-refractivity contribution in [2.75, 3.05) is 45.9 Å². The minimum Gasteiger partial charge on any atom is -0.481 e. The predicted molar refractivity (Wildman–Crippen MR) is 200 cm³/mol. The first-order chi connectivity index (χ1) is 24.8. The molecule has 1 amide bonds. The Morgan fingerprint density at radius 1 is 1.08 bits per heavy atom. The number of sulfonamides is 1. The molecule has 2 saturated heterocycles. The number of amides is 1. The van der Waals surface area contributed by atoms with Gasteiger partial charge in [0.05, 0.1) is 49.4 Å². The number of nitrogens with one attached hydrogen (secondary N) is 1. The summed E-state index contributed by atoms with van der Waals surface area (Å²) in [7, 11) is -7.41. The Morgan fingerprint density at radius 3 is 2.35 bits per heavy atom. The third-order valence-corrected chi connectivity index (χ3v) is 12.5. The van der Waals surface area contributed by atoms with Crippen LogP contribution >= 0.6 is 7.60 Å². The van der Waals surface area contributed by atoms with Gasteiger partial charge in [-0.1, -0.05) is 71.7 Å². The van der Waals surface area contributed by atoms with Crippen molar-refractivity contribution in [3.63, 3.8) is 0 Å². The fourth-order valence-electron chi connectivity index (χ4n) is 5.86. The van der Waals surface area contributed by atoms with Crippen LogP contribution in [0.25, 0.3) is 0 Å². The molecule has 2 heterocycles. The van der Waals surface area contributed by atoms with Crippen molar-refractivity contribution in [2.45, 2.75) is 111 Å². The average Bonchev–Trinajstić information content (AvgIpc) is 3.73. The number of carbonyl (C=O) groups is 1. The van der Waals surface area contributed by atoms with Crippen molar-refractivity contribution in [1.82, 2.24) is 9.62 Å². The number of nitrogens with zero attached hydrogens (tertiary/aromatic N) is 1. The number of hydrogen-bond acceptors (Lipinski definition) is 11. The van der Waals surface area contributed by atoms with Gasteiger partial charge < -0.3 is 38.4 Å². The van der Waals surface area contributed by atoms with Crippen molar-refractivity contribution >= 4 is 23.7 Å². The molecule has 3 rings (SSSR count). The minimum absolute atomic E-state index is 0.0287. The van der Waals surface area contributed by atoms with E-state index >= 15 is 0 Å². The van der Waals surface area contributed by atoms with E-state index in [1.807, 2.05) is 34.6 Å². The van der Waals surface area contributed by atoms with Crippen molar-refractivity contribution in [3.8, 4) is 5.75 Å². The third kappa shape index (κ3) is 13.8. The van der Waals surface area contributed by atoms with Crippen LogP contribution in [0.2, 0.25) is 0 Å². The number of hydrogen-bond donors (Lipinski definition) is 2.